The first-order valence-electron chi connectivity index (χ1n) is 6.19. The van der Waals surface area contributed by atoms with Crippen molar-refractivity contribution >= 4 is 21.5 Å². The molecule has 0 unspecified atom stereocenters. The molecule has 106 valence electrons. The highest BCUT2D eigenvalue weighted by Gasteiger charge is 2.11. The zero-order valence-electron chi connectivity index (χ0n) is 11.0. The van der Waals surface area contributed by atoms with Crippen LogP contribution in [0, 0.1) is 10.1 Å². The summed E-state index contributed by atoms with van der Waals surface area (Å²) in [5, 5.41) is 14.3. The molecular formula is C13H15N3O3S. The normalized spacial score (nSPS) is 10.4. The van der Waals surface area contributed by atoms with Gasteiger partial charge < -0.3 is 10.1 Å². The van der Waals surface area contributed by atoms with Crippen molar-refractivity contribution in [2.24, 2.45) is 0 Å². The Morgan fingerprint density at radius 1 is 1.40 bits per heavy atom. The average molecular weight is 293 g/mol. The minimum atomic E-state index is -0.439. The van der Waals surface area contributed by atoms with Crippen molar-refractivity contribution in [1.29, 1.82) is 0 Å². The number of nitro groups is 1. The summed E-state index contributed by atoms with van der Waals surface area (Å²) in [4.78, 5) is 14.1. The van der Waals surface area contributed by atoms with E-state index in [4.69, 9.17) is 4.74 Å². The van der Waals surface area contributed by atoms with E-state index in [9.17, 15) is 10.1 Å². The van der Waals surface area contributed by atoms with Gasteiger partial charge in [0.05, 0.1) is 11.5 Å². The number of ether oxygens (including phenoxy) is 1. The second kappa shape index (κ2) is 6.97. The van der Waals surface area contributed by atoms with E-state index in [1.165, 1.54) is 6.20 Å². The molecule has 0 fully saturated rings. The van der Waals surface area contributed by atoms with Gasteiger partial charge in [-0.2, -0.15) is 0 Å². The molecule has 0 aliphatic heterocycles. The molecule has 0 spiro atoms. The van der Waals surface area contributed by atoms with Crippen LogP contribution >= 0.6 is 11.3 Å². The smallest absolute Gasteiger partial charge is 0.345 e. The lowest BCUT2D eigenvalue weighted by atomic mass is 10.1. The Hall–Kier alpha value is -1.99. The van der Waals surface area contributed by atoms with Crippen molar-refractivity contribution in [3.8, 4) is 0 Å². The third kappa shape index (κ3) is 3.75. The van der Waals surface area contributed by atoms with Crippen molar-refractivity contribution in [2.45, 2.75) is 20.1 Å². The molecule has 20 heavy (non-hydrogen) atoms. The van der Waals surface area contributed by atoms with E-state index in [1.807, 2.05) is 31.2 Å². The predicted molar refractivity (Wildman–Crippen MR) is 77.9 cm³/mol. The van der Waals surface area contributed by atoms with Crippen molar-refractivity contribution < 1.29 is 9.66 Å². The Morgan fingerprint density at radius 2 is 2.15 bits per heavy atom. The summed E-state index contributed by atoms with van der Waals surface area (Å²) >= 11 is 1.03. The Labute approximate surface area is 120 Å². The number of nitrogens with zero attached hydrogens (tertiary/aromatic N) is 2. The third-order valence-corrected chi connectivity index (χ3v) is 3.59. The molecule has 6 nitrogen and oxygen atoms in total. The van der Waals surface area contributed by atoms with Gasteiger partial charge >= 0.3 is 5.00 Å². The summed E-state index contributed by atoms with van der Waals surface area (Å²) in [6, 6.07) is 7.93. The fourth-order valence-electron chi connectivity index (χ4n) is 1.69. The molecule has 0 radical (unpaired) electrons. The van der Waals surface area contributed by atoms with Gasteiger partial charge in [-0.1, -0.05) is 24.3 Å². The molecule has 1 aromatic carbocycles. The Bertz CT molecular complexity index is 586. The number of rotatable bonds is 7. The van der Waals surface area contributed by atoms with E-state index in [-0.39, 0.29) is 5.00 Å². The van der Waals surface area contributed by atoms with E-state index in [0.717, 1.165) is 22.5 Å². The fraction of sp³-hybridized carbons (Fsp3) is 0.308. The Balaban J connectivity index is 2.00. The van der Waals surface area contributed by atoms with Gasteiger partial charge in [-0.3, -0.25) is 10.1 Å². The van der Waals surface area contributed by atoms with Gasteiger partial charge in [-0.05, 0) is 29.4 Å². The summed E-state index contributed by atoms with van der Waals surface area (Å²) < 4.78 is 5.42. The number of anilines is 1. The number of hydrogen-bond donors (Lipinski definition) is 1. The van der Waals surface area contributed by atoms with Crippen LogP contribution in [0.25, 0.3) is 0 Å². The number of hydrogen-bond acceptors (Lipinski definition) is 6. The van der Waals surface area contributed by atoms with Gasteiger partial charge in [0.15, 0.2) is 5.13 Å². The standard InChI is InChI=1S/C13H15N3O3S/c1-2-19-9-11-6-4-3-5-10(11)7-14-13-15-8-12(20-13)16(17)18/h3-6,8H,2,7,9H2,1H3,(H,14,15). The lowest BCUT2D eigenvalue weighted by Gasteiger charge is -2.09. The monoisotopic (exact) mass is 293 g/mol. The highest BCUT2D eigenvalue weighted by Crippen LogP contribution is 2.25. The third-order valence-electron chi connectivity index (χ3n) is 2.68. The molecule has 1 heterocycles. The van der Waals surface area contributed by atoms with E-state index in [1.54, 1.807) is 0 Å². The van der Waals surface area contributed by atoms with Crippen LogP contribution < -0.4 is 5.32 Å². The quantitative estimate of drug-likeness (QED) is 0.626. The first kappa shape index (κ1) is 14.4. The minimum absolute atomic E-state index is 0.0371. The van der Waals surface area contributed by atoms with E-state index in [2.05, 4.69) is 10.3 Å². The summed E-state index contributed by atoms with van der Waals surface area (Å²) in [7, 11) is 0. The van der Waals surface area contributed by atoms with Crippen molar-refractivity contribution in [2.75, 3.05) is 11.9 Å². The number of thiazole rings is 1. The molecule has 0 aliphatic carbocycles. The molecule has 0 saturated carbocycles. The van der Waals surface area contributed by atoms with Gasteiger partial charge in [0, 0.05) is 13.2 Å². The SMILES string of the molecule is CCOCc1ccccc1CNc1ncc([N+](=O)[O-])s1. The second-order valence-corrected chi connectivity index (χ2v) is 5.03. The summed E-state index contributed by atoms with van der Waals surface area (Å²) in [5.41, 5.74) is 2.20. The maximum atomic E-state index is 10.6. The summed E-state index contributed by atoms with van der Waals surface area (Å²) in [5.74, 6) is 0. The summed E-state index contributed by atoms with van der Waals surface area (Å²) in [6.45, 7) is 3.75. The maximum absolute atomic E-state index is 10.6. The van der Waals surface area contributed by atoms with Crippen LogP contribution in [0.4, 0.5) is 10.1 Å². The molecule has 2 aromatic rings. The Kier molecular flexibility index (Phi) is 5.03. The molecule has 2 rings (SSSR count). The number of aromatic nitrogens is 1. The van der Waals surface area contributed by atoms with Gasteiger partial charge in [0.2, 0.25) is 0 Å². The van der Waals surface area contributed by atoms with Crippen molar-refractivity contribution in [1.82, 2.24) is 4.98 Å². The maximum Gasteiger partial charge on any atom is 0.345 e. The molecule has 1 aromatic heterocycles. The number of benzene rings is 1. The van der Waals surface area contributed by atoms with Crippen LogP contribution in [0.15, 0.2) is 30.5 Å². The average Bonchev–Trinajstić information content (AvgIpc) is 2.93. The van der Waals surface area contributed by atoms with Crippen LogP contribution in [0.2, 0.25) is 0 Å². The van der Waals surface area contributed by atoms with E-state index in [0.29, 0.717) is 24.9 Å². The lowest BCUT2D eigenvalue weighted by molar-refractivity contribution is -0.380. The molecule has 0 amide bonds. The minimum Gasteiger partial charge on any atom is -0.377 e. The molecule has 1 N–H and O–H groups in total. The van der Waals surface area contributed by atoms with Crippen LogP contribution in [0.1, 0.15) is 18.1 Å². The fourth-order valence-corrected chi connectivity index (χ4v) is 2.31. The highest BCUT2D eigenvalue weighted by atomic mass is 32.1. The van der Waals surface area contributed by atoms with Crippen molar-refractivity contribution in [3.05, 3.63) is 51.7 Å². The van der Waals surface area contributed by atoms with Gasteiger partial charge in [-0.15, -0.1) is 0 Å². The van der Waals surface area contributed by atoms with Crippen LogP contribution in [-0.2, 0) is 17.9 Å². The lowest BCUT2D eigenvalue weighted by Crippen LogP contribution is -2.04. The molecule has 7 heteroatoms. The zero-order valence-corrected chi connectivity index (χ0v) is 11.9. The highest BCUT2D eigenvalue weighted by molar-refractivity contribution is 7.18. The van der Waals surface area contributed by atoms with Gasteiger partial charge in [0.25, 0.3) is 0 Å². The first-order chi connectivity index (χ1) is 9.70. The van der Waals surface area contributed by atoms with Crippen LogP contribution in [0.5, 0.6) is 0 Å². The molecule has 0 bridgehead atoms. The largest absolute Gasteiger partial charge is 0.377 e. The topological polar surface area (TPSA) is 77.3 Å². The van der Waals surface area contributed by atoms with Gasteiger partial charge in [0.1, 0.15) is 6.20 Å². The molecule has 0 atom stereocenters. The number of nitrogens with one attached hydrogen (secondary N) is 1. The predicted octanol–water partition coefficient (Wildman–Crippen LogP) is 3.20. The Morgan fingerprint density at radius 3 is 2.80 bits per heavy atom. The van der Waals surface area contributed by atoms with Crippen LogP contribution in [0.3, 0.4) is 0 Å². The van der Waals surface area contributed by atoms with E-state index >= 15 is 0 Å². The first-order valence-corrected chi connectivity index (χ1v) is 7.01. The molecular weight excluding hydrogens is 278 g/mol. The molecule has 0 aliphatic rings. The summed E-state index contributed by atoms with van der Waals surface area (Å²) in [6.07, 6.45) is 1.26. The van der Waals surface area contributed by atoms with Crippen molar-refractivity contribution in [3.63, 3.8) is 0 Å². The van der Waals surface area contributed by atoms with Crippen LogP contribution in [-0.4, -0.2) is 16.5 Å². The zero-order chi connectivity index (χ0) is 14.4. The van der Waals surface area contributed by atoms with Gasteiger partial charge in [-0.25, -0.2) is 4.98 Å². The molecule has 0 saturated heterocycles. The second-order valence-electron chi connectivity index (χ2n) is 4.02. The van der Waals surface area contributed by atoms with E-state index < -0.39 is 4.92 Å².